The van der Waals surface area contributed by atoms with Crippen LogP contribution in [0.25, 0.3) is 0 Å². The van der Waals surface area contributed by atoms with E-state index < -0.39 is 97.5 Å². The molecule has 0 aromatic heterocycles. The second-order valence-corrected chi connectivity index (χ2v) is 32.9. The molecule has 0 amide bonds. The summed E-state index contributed by atoms with van der Waals surface area (Å²) < 4.78 is 68.7. The van der Waals surface area contributed by atoms with E-state index >= 15 is 0 Å². The van der Waals surface area contributed by atoms with E-state index in [4.69, 9.17) is 37.0 Å². The summed E-state index contributed by atoms with van der Waals surface area (Å²) in [6, 6.07) is 0. The van der Waals surface area contributed by atoms with Gasteiger partial charge >= 0.3 is 39.5 Å². The lowest BCUT2D eigenvalue weighted by Crippen LogP contribution is -2.30. The van der Waals surface area contributed by atoms with Gasteiger partial charge in [-0.25, -0.2) is 9.13 Å². The van der Waals surface area contributed by atoms with Gasteiger partial charge in [-0.1, -0.05) is 363 Å². The molecule has 0 aliphatic carbocycles. The summed E-state index contributed by atoms with van der Waals surface area (Å²) in [4.78, 5) is 73.0. The summed E-state index contributed by atoms with van der Waals surface area (Å²) in [6.45, 7) is 12.0. The van der Waals surface area contributed by atoms with Gasteiger partial charge in [-0.3, -0.25) is 37.3 Å². The van der Waals surface area contributed by atoms with Crippen molar-refractivity contribution in [2.45, 2.75) is 433 Å². The molecular weight excluding hydrogens is 1290 g/mol. The van der Waals surface area contributed by atoms with Crippen LogP contribution in [-0.4, -0.2) is 96.7 Å². The average Bonchev–Trinajstić information content (AvgIpc) is 0.999. The maximum atomic E-state index is 13.1. The van der Waals surface area contributed by atoms with Crippen molar-refractivity contribution in [3.8, 4) is 0 Å². The number of rotatable bonds is 78. The number of unbranched alkanes of at least 4 members (excludes halogenated alkanes) is 45. The predicted octanol–water partition coefficient (Wildman–Crippen LogP) is 23.7. The first kappa shape index (κ1) is 97.1. The van der Waals surface area contributed by atoms with E-state index in [1.165, 1.54) is 225 Å². The standard InChI is InChI=1S/C80H156O17P2/c1-8-10-11-12-13-14-15-16-18-22-27-32-40-47-54-61-77(82)90-67-75(96-79(84)63-56-49-42-33-28-23-20-17-19-21-25-30-37-44-51-58-71(3)4)69-94-98(86,87)92-65-74(81)66-93-99(88,89)95-70-76(68-91-78(83)62-55-48-41-36-35-39-46-53-60-73(7)9-2)97-80(85)64-57-50-43-34-29-24-26-31-38-45-52-59-72(5)6/h71-76,81H,8-70H2,1-7H3,(H,86,87)(H,88,89)/t73?,74-,75-,76-/m1/s1. The second-order valence-electron chi connectivity index (χ2n) is 30.0. The first-order valence-electron chi connectivity index (χ1n) is 41.4. The van der Waals surface area contributed by atoms with E-state index in [-0.39, 0.29) is 25.7 Å². The van der Waals surface area contributed by atoms with Gasteiger partial charge in [0.2, 0.25) is 0 Å². The van der Waals surface area contributed by atoms with Crippen LogP contribution >= 0.6 is 15.6 Å². The summed E-state index contributed by atoms with van der Waals surface area (Å²) >= 11 is 0. The number of ether oxygens (including phenoxy) is 4. The largest absolute Gasteiger partial charge is 0.472 e. The molecular formula is C80H156O17P2. The molecule has 0 aromatic rings. The van der Waals surface area contributed by atoms with Crippen LogP contribution in [-0.2, 0) is 65.4 Å². The molecule has 99 heavy (non-hydrogen) atoms. The molecule has 0 spiro atoms. The zero-order valence-electron chi connectivity index (χ0n) is 65.0. The Morgan fingerprint density at radius 1 is 0.293 bits per heavy atom. The van der Waals surface area contributed by atoms with Crippen molar-refractivity contribution in [3.63, 3.8) is 0 Å². The Kier molecular flexibility index (Phi) is 69.0. The van der Waals surface area contributed by atoms with E-state index in [2.05, 4.69) is 48.5 Å². The fourth-order valence-corrected chi connectivity index (χ4v) is 13.9. The Bertz CT molecular complexity index is 1920. The number of aliphatic hydroxyl groups is 1. The molecule has 6 atom stereocenters. The highest BCUT2D eigenvalue weighted by atomic mass is 31.2. The Morgan fingerprint density at radius 3 is 0.768 bits per heavy atom. The van der Waals surface area contributed by atoms with Crippen LogP contribution in [0, 0.1) is 17.8 Å². The van der Waals surface area contributed by atoms with Crippen molar-refractivity contribution in [2.24, 2.45) is 17.8 Å². The van der Waals surface area contributed by atoms with Gasteiger partial charge in [0.1, 0.15) is 19.3 Å². The van der Waals surface area contributed by atoms with Crippen LogP contribution in [0.15, 0.2) is 0 Å². The molecule has 0 fully saturated rings. The molecule has 0 aliphatic rings. The zero-order chi connectivity index (χ0) is 73.0. The molecule has 0 aliphatic heterocycles. The molecule has 0 radical (unpaired) electrons. The second kappa shape index (κ2) is 70.4. The number of carbonyl (C=O) groups is 4. The zero-order valence-corrected chi connectivity index (χ0v) is 66.8. The Labute approximate surface area is 607 Å². The molecule has 19 heteroatoms. The fourth-order valence-electron chi connectivity index (χ4n) is 12.3. The molecule has 588 valence electrons. The summed E-state index contributed by atoms with van der Waals surface area (Å²) in [5.74, 6) is 0.234. The first-order chi connectivity index (χ1) is 47.8. The number of phosphoric ester groups is 2. The van der Waals surface area contributed by atoms with Gasteiger partial charge in [-0.2, -0.15) is 0 Å². The third kappa shape index (κ3) is 72.8. The maximum absolute atomic E-state index is 13.1. The lowest BCUT2D eigenvalue weighted by molar-refractivity contribution is -0.161. The molecule has 0 bridgehead atoms. The Hall–Kier alpha value is -1.94. The van der Waals surface area contributed by atoms with E-state index in [9.17, 15) is 43.2 Å². The quantitative estimate of drug-likeness (QED) is 0.0222. The molecule has 0 aromatic carbocycles. The first-order valence-corrected chi connectivity index (χ1v) is 44.4. The number of hydrogen-bond donors (Lipinski definition) is 3. The van der Waals surface area contributed by atoms with E-state index in [0.717, 1.165) is 108 Å². The van der Waals surface area contributed by atoms with Gasteiger partial charge in [0, 0.05) is 25.7 Å². The van der Waals surface area contributed by atoms with E-state index in [0.29, 0.717) is 25.7 Å². The minimum atomic E-state index is -4.96. The van der Waals surface area contributed by atoms with Crippen LogP contribution in [0.2, 0.25) is 0 Å². The molecule has 3 unspecified atom stereocenters. The van der Waals surface area contributed by atoms with Crippen molar-refractivity contribution < 1.29 is 80.2 Å². The third-order valence-corrected chi connectivity index (χ3v) is 20.9. The average molecular weight is 1450 g/mol. The van der Waals surface area contributed by atoms with Crippen LogP contribution in [0.3, 0.4) is 0 Å². The number of aliphatic hydroxyl groups excluding tert-OH is 1. The summed E-state index contributed by atoms with van der Waals surface area (Å²) in [7, 11) is -9.92. The summed E-state index contributed by atoms with van der Waals surface area (Å²) in [6.07, 6.45) is 58.1. The van der Waals surface area contributed by atoms with Crippen molar-refractivity contribution in [3.05, 3.63) is 0 Å². The molecule has 0 rings (SSSR count). The SMILES string of the molecule is CCCCCCCCCCCCCCCCCC(=O)OC[C@H](COP(=O)(O)OC[C@@H](O)COP(=O)(O)OC[C@@H](COC(=O)CCCCCCCCCCC(C)CC)OC(=O)CCCCCCCCCCCCCC(C)C)OC(=O)CCCCCCCCCCCCCCCCCC(C)C. The monoisotopic (exact) mass is 1450 g/mol. The highest BCUT2D eigenvalue weighted by Crippen LogP contribution is 2.45. The van der Waals surface area contributed by atoms with Gasteiger partial charge in [0.05, 0.1) is 26.4 Å². The third-order valence-electron chi connectivity index (χ3n) is 19.0. The molecule has 3 N–H and O–H groups in total. The number of hydrogen-bond acceptors (Lipinski definition) is 15. The van der Waals surface area contributed by atoms with Crippen LogP contribution in [0.5, 0.6) is 0 Å². The highest BCUT2D eigenvalue weighted by molar-refractivity contribution is 7.47. The van der Waals surface area contributed by atoms with Crippen molar-refractivity contribution in [1.82, 2.24) is 0 Å². The number of esters is 4. The highest BCUT2D eigenvalue weighted by Gasteiger charge is 2.30. The van der Waals surface area contributed by atoms with Crippen LogP contribution in [0.1, 0.15) is 414 Å². The molecule has 17 nitrogen and oxygen atoms in total. The number of carbonyl (C=O) groups excluding carboxylic acids is 4. The predicted molar refractivity (Wildman–Crippen MR) is 405 cm³/mol. The maximum Gasteiger partial charge on any atom is 0.472 e. The van der Waals surface area contributed by atoms with Crippen LogP contribution in [0.4, 0.5) is 0 Å². The van der Waals surface area contributed by atoms with Gasteiger partial charge in [0.25, 0.3) is 0 Å². The molecule has 0 heterocycles. The molecule has 0 saturated heterocycles. The van der Waals surface area contributed by atoms with E-state index in [1.807, 2.05) is 0 Å². The van der Waals surface area contributed by atoms with Crippen molar-refractivity contribution in [2.75, 3.05) is 39.6 Å². The summed E-state index contributed by atoms with van der Waals surface area (Å²) in [5.41, 5.74) is 0. The summed E-state index contributed by atoms with van der Waals surface area (Å²) in [5, 5.41) is 10.6. The minimum Gasteiger partial charge on any atom is -0.462 e. The Morgan fingerprint density at radius 2 is 0.515 bits per heavy atom. The normalized spacial score (nSPS) is 14.3. The van der Waals surface area contributed by atoms with Gasteiger partial charge in [0.15, 0.2) is 12.2 Å². The smallest absolute Gasteiger partial charge is 0.462 e. The number of phosphoric acid groups is 2. The molecule has 0 saturated carbocycles. The van der Waals surface area contributed by atoms with Gasteiger partial charge in [-0.15, -0.1) is 0 Å². The topological polar surface area (TPSA) is 237 Å². The van der Waals surface area contributed by atoms with Crippen LogP contribution < -0.4 is 0 Å². The van der Waals surface area contributed by atoms with Crippen molar-refractivity contribution in [1.29, 1.82) is 0 Å². The lowest BCUT2D eigenvalue weighted by Gasteiger charge is -2.21. The van der Waals surface area contributed by atoms with E-state index in [1.54, 1.807) is 0 Å². The van der Waals surface area contributed by atoms with Gasteiger partial charge in [-0.05, 0) is 43.4 Å². The Balaban J connectivity index is 5.27. The minimum absolute atomic E-state index is 0.106. The van der Waals surface area contributed by atoms with Gasteiger partial charge < -0.3 is 33.8 Å². The lowest BCUT2D eigenvalue weighted by atomic mass is 9.99. The fraction of sp³-hybridized carbons (Fsp3) is 0.950. The van der Waals surface area contributed by atoms with Crippen molar-refractivity contribution >= 4 is 39.5 Å².